The molecule has 0 unspecified atom stereocenters. The molecule has 3 aromatic rings. The molecule has 0 spiro atoms. The second kappa shape index (κ2) is 15.9. The van der Waals surface area contributed by atoms with Gasteiger partial charge < -0.3 is 9.11 Å². The number of alkyl halides is 6. The topological polar surface area (TPSA) is 143 Å². The van der Waals surface area contributed by atoms with Crippen LogP contribution in [0, 0.1) is 0 Å². The summed E-state index contributed by atoms with van der Waals surface area (Å²) in [5.74, 6) is 0. The van der Waals surface area contributed by atoms with Gasteiger partial charge in [0.05, 0.1) is 11.4 Å². The quantitative estimate of drug-likeness (QED) is 0.169. The molecular weight excluding hydrogens is 632 g/mol. The molecule has 0 saturated carbocycles. The molecule has 2 heterocycles. The molecule has 18 heteroatoms. The van der Waals surface area contributed by atoms with Gasteiger partial charge in [-0.3, -0.25) is 14.9 Å². The van der Waals surface area contributed by atoms with Crippen LogP contribution in [0.5, 0.6) is 0 Å². The summed E-state index contributed by atoms with van der Waals surface area (Å²) in [4.78, 5) is 11.2. The summed E-state index contributed by atoms with van der Waals surface area (Å²) in [6.07, 6.45) is 3.69. The zero-order valence-corrected chi connectivity index (χ0v) is 21.9. The summed E-state index contributed by atoms with van der Waals surface area (Å²) in [6.45, 7) is 2.51. The fraction of sp³-hybridized carbons (Fsp3) is 0.238. The number of aromatic nitrogens is 2. The molecule has 0 N–H and O–H groups in total. The second-order valence-electron chi connectivity index (χ2n) is 7.07. The van der Waals surface area contributed by atoms with Gasteiger partial charge in [0, 0.05) is 32.0 Å². The van der Waals surface area contributed by atoms with Crippen molar-refractivity contribution in [2.75, 3.05) is 0 Å². The first-order valence-electron chi connectivity index (χ1n) is 10.0. The van der Waals surface area contributed by atoms with Crippen LogP contribution in [0.1, 0.15) is 17.0 Å². The van der Waals surface area contributed by atoms with Gasteiger partial charge in [0.25, 0.3) is 0 Å². The van der Waals surface area contributed by atoms with Crippen LogP contribution >= 0.6 is 0 Å². The van der Waals surface area contributed by atoms with Gasteiger partial charge in [-0.25, -0.2) is 16.8 Å². The predicted molar refractivity (Wildman–Crippen MR) is 119 cm³/mol. The molecule has 0 fully saturated rings. The van der Waals surface area contributed by atoms with Crippen molar-refractivity contribution in [2.45, 2.75) is 30.7 Å². The average molecular weight is 651 g/mol. The van der Waals surface area contributed by atoms with Crippen molar-refractivity contribution >= 4 is 20.2 Å². The van der Waals surface area contributed by atoms with Crippen molar-refractivity contribution in [3.8, 4) is 0 Å². The summed E-state index contributed by atoms with van der Waals surface area (Å²) in [5, 5.41) is 0. The van der Waals surface area contributed by atoms with Gasteiger partial charge in [0.1, 0.15) is 0 Å². The Morgan fingerprint density at radius 2 is 0.949 bits per heavy atom. The molecule has 0 aliphatic rings. The van der Waals surface area contributed by atoms with Crippen LogP contribution in [0.2, 0.25) is 0 Å². The molecule has 0 saturated heterocycles. The Hall–Kier alpha value is -2.60. The monoisotopic (exact) mass is 650 g/mol. The predicted octanol–water partition coefficient (Wildman–Crippen LogP) is 3.78. The van der Waals surface area contributed by atoms with Crippen molar-refractivity contribution in [3.05, 3.63) is 96.1 Å². The van der Waals surface area contributed by atoms with E-state index < -0.39 is 31.3 Å². The Kier molecular flexibility index (Phi) is 14.8. The number of pyridine rings is 2. The minimum atomic E-state index is -6.09. The third kappa shape index (κ3) is 14.9. The maximum absolute atomic E-state index is 10.7. The molecule has 2 aromatic heterocycles. The van der Waals surface area contributed by atoms with E-state index in [2.05, 4.69) is 51.3 Å². The van der Waals surface area contributed by atoms with Gasteiger partial charge in [0.2, 0.25) is 0 Å². The summed E-state index contributed by atoms with van der Waals surface area (Å²) < 4.78 is 118. The number of hydrogen-bond acceptors (Lipinski definition) is 9. The Labute approximate surface area is 230 Å². The number of nitrogens with zero attached hydrogens (tertiary/aromatic N) is 3. The Bertz CT molecular complexity index is 1180. The molecule has 0 bridgehead atoms. The van der Waals surface area contributed by atoms with E-state index in [9.17, 15) is 26.3 Å². The van der Waals surface area contributed by atoms with Crippen LogP contribution in [0.4, 0.5) is 26.3 Å². The van der Waals surface area contributed by atoms with E-state index in [4.69, 9.17) is 25.9 Å². The van der Waals surface area contributed by atoms with Crippen LogP contribution in [0.25, 0.3) is 0 Å². The zero-order valence-electron chi connectivity index (χ0n) is 19.3. The molecule has 0 aliphatic heterocycles. The van der Waals surface area contributed by atoms with E-state index in [1.165, 1.54) is 5.56 Å². The third-order valence-electron chi connectivity index (χ3n) is 4.04. The summed E-state index contributed by atoms with van der Waals surface area (Å²) in [5.41, 5.74) is -7.84. The molecule has 0 amide bonds. The van der Waals surface area contributed by atoms with Crippen molar-refractivity contribution in [2.24, 2.45) is 0 Å². The van der Waals surface area contributed by atoms with Crippen molar-refractivity contribution in [1.82, 2.24) is 14.9 Å². The van der Waals surface area contributed by atoms with Crippen LogP contribution < -0.4 is 0 Å². The molecule has 1 aromatic carbocycles. The van der Waals surface area contributed by atoms with Gasteiger partial charge in [-0.05, 0) is 29.8 Å². The first-order chi connectivity index (χ1) is 17.4. The molecule has 3 rings (SSSR count). The zero-order chi connectivity index (χ0) is 29.0. The van der Waals surface area contributed by atoms with Crippen molar-refractivity contribution < 1.29 is 69.4 Å². The van der Waals surface area contributed by atoms with E-state index in [1.54, 1.807) is 0 Å². The van der Waals surface area contributed by atoms with Crippen molar-refractivity contribution in [3.63, 3.8) is 0 Å². The van der Waals surface area contributed by atoms with Crippen LogP contribution in [-0.4, -0.2) is 51.8 Å². The maximum Gasteiger partial charge on any atom is 2.00 e. The minimum absolute atomic E-state index is 0. The van der Waals surface area contributed by atoms with Gasteiger partial charge >= 0.3 is 28.1 Å². The van der Waals surface area contributed by atoms with Crippen molar-refractivity contribution in [1.29, 1.82) is 0 Å². The van der Waals surface area contributed by atoms with E-state index in [0.717, 1.165) is 31.0 Å². The molecule has 219 valence electrons. The minimum Gasteiger partial charge on any atom is -0.741 e. The maximum atomic E-state index is 10.7. The number of halogens is 6. The molecule has 9 nitrogen and oxygen atoms in total. The average Bonchev–Trinajstić information content (AvgIpc) is 2.79. The second-order valence-corrected chi connectivity index (χ2v) is 9.81. The van der Waals surface area contributed by atoms with Gasteiger partial charge in [-0.1, -0.05) is 42.5 Å². The number of benzene rings is 1. The fourth-order valence-electron chi connectivity index (χ4n) is 2.45. The Balaban J connectivity index is 0.000000708. The van der Waals surface area contributed by atoms with Crippen LogP contribution in [0.3, 0.4) is 0 Å². The summed E-state index contributed by atoms with van der Waals surface area (Å²) in [7, 11) is -12.2. The molecule has 0 atom stereocenters. The largest absolute Gasteiger partial charge is 2.00 e. The molecule has 1 radical (unpaired) electrons. The van der Waals surface area contributed by atoms with Crippen LogP contribution in [0.15, 0.2) is 79.1 Å². The summed E-state index contributed by atoms with van der Waals surface area (Å²) in [6, 6.07) is 22.6. The van der Waals surface area contributed by atoms with Gasteiger partial charge in [-0.2, -0.15) is 26.3 Å². The SMILES string of the molecule is O=S(=O)([O-])C(F)(F)F.O=S(=O)([O-])C(F)(F)F.[Cu+2].c1ccc(CN(Cc2ccccn2)Cc2ccccn2)cc1. The normalized spacial score (nSPS) is 11.8. The third-order valence-corrected chi connectivity index (χ3v) is 5.17. The Morgan fingerprint density at radius 1 is 0.615 bits per heavy atom. The van der Waals surface area contributed by atoms with Gasteiger partial charge in [-0.15, -0.1) is 0 Å². The number of hydrogen-bond donors (Lipinski definition) is 0. The van der Waals surface area contributed by atoms with Gasteiger partial charge in [0.15, 0.2) is 20.2 Å². The Morgan fingerprint density at radius 3 is 1.23 bits per heavy atom. The van der Waals surface area contributed by atoms with E-state index >= 15 is 0 Å². The number of rotatable bonds is 6. The molecule has 39 heavy (non-hydrogen) atoms. The fourth-order valence-corrected chi connectivity index (χ4v) is 2.45. The molecular formula is C21H19CuF6N3O6S2. The first kappa shape index (κ1) is 36.4. The standard InChI is InChI=1S/C19H19N3.2CHF3O3S.Cu/c1-2-8-17(9-3-1)14-22(15-18-10-4-6-12-20-18)16-19-11-5-7-13-21-19;2*2-1(3,4)8(5,6)7;/h1-13H,14-16H2;2*(H,5,6,7);/q;;;+2/p-2. The van der Waals surface area contributed by atoms with Crippen LogP contribution in [-0.2, 0) is 56.9 Å². The first-order valence-corrected chi connectivity index (χ1v) is 12.8. The van der Waals surface area contributed by atoms with E-state index in [-0.39, 0.29) is 17.1 Å². The summed E-state index contributed by atoms with van der Waals surface area (Å²) >= 11 is 0. The molecule has 0 aliphatic carbocycles. The smallest absolute Gasteiger partial charge is 0.741 e. The van der Waals surface area contributed by atoms with E-state index in [1.807, 2.05) is 42.7 Å². The van der Waals surface area contributed by atoms with E-state index in [0.29, 0.717) is 0 Å².